The van der Waals surface area contributed by atoms with Crippen LogP contribution < -0.4 is 21.7 Å². The molecule has 1 aromatic heterocycles. The Balaban J connectivity index is 1.50. The van der Waals surface area contributed by atoms with E-state index < -0.39 is 5.92 Å². The molecule has 7 nitrogen and oxygen atoms in total. The molecular formula is C28H26N4O3S. The Kier molecular flexibility index (Phi) is 7.77. The van der Waals surface area contributed by atoms with Crippen LogP contribution in [0.25, 0.3) is 11.1 Å². The first-order valence-corrected chi connectivity index (χ1v) is 12.3. The number of nitrogens with one attached hydrogen (secondary N) is 3. The molecule has 0 radical (unpaired) electrons. The summed E-state index contributed by atoms with van der Waals surface area (Å²) in [6.07, 6.45) is 0. The van der Waals surface area contributed by atoms with E-state index in [4.69, 9.17) is 5.73 Å². The Labute approximate surface area is 213 Å². The van der Waals surface area contributed by atoms with Crippen LogP contribution in [0.1, 0.15) is 28.8 Å². The Hall–Kier alpha value is -4.43. The number of carbonyl (C=O) groups is 3. The minimum atomic E-state index is -0.635. The zero-order valence-corrected chi connectivity index (χ0v) is 20.5. The van der Waals surface area contributed by atoms with Crippen molar-refractivity contribution in [3.05, 3.63) is 101 Å². The van der Waals surface area contributed by atoms with Gasteiger partial charge in [0, 0.05) is 24.7 Å². The highest BCUT2D eigenvalue weighted by atomic mass is 32.1. The van der Waals surface area contributed by atoms with Gasteiger partial charge in [-0.25, -0.2) is 0 Å². The highest BCUT2D eigenvalue weighted by Gasteiger charge is 2.22. The molecule has 0 bridgehead atoms. The van der Waals surface area contributed by atoms with Gasteiger partial charge in [-0.2, -0.15) is 11.3 Å². The summed E-state index contributed by atoms with van der Waals surface area (Å²) in [4.78, 5) is 37.4. The van der Waals surface area contributed by atoms with Gasteiger partial charge in [0.25, 0.3) is 5.91 Å². The molecule has 0 aliphatic carbocycles. The SMILES string of the molecule is CC(=O)NCC(C(=O)Nc1ccccc1)c1ccc(C(=O)Nc2cc(-c3ccsc3)ccc2N)cc1. The number of hydrogen-bond donors (Lipinski definition) is 4. The number of carbonyl (C=O) groups excluding carboxylic acids is 3. The summed E-state index contributed by atoms with van der Waals surface area (Å²) in [7, 11) is 0. The molecule has 0 aliphatic heterocycles. The van der Waals surface area contributed by atoms with E-state index in [1.165, 1.54) is 6.92 Å². The van der Waals surface area contributed by atoms with E-state index >= 15 is 0 Å². The highest BCUT2D eigenvalue weighted by Crippen LogP contribution is 2.29. The molecule has 1 heterocycles. The standard InChI is InChI=1S/C28H26N4O3S/c1-18(33)30-16-24(28(35)31-23-5-3-2-4-6-23)19-7-9-20(10-8-19)27(34)32-26-15-21(11-12-25(26)29)22-13-14-36-17-22/h2-15,17,24H,16,29H2,1H3,(H,30,33)(H,31,35)(H,32,34). The van der Waals surface area contributed by atoms with Crippen molar-refractivity contribution >= 4 is 46.1 Å². The number of rotatable bonds is 8. The van der Waals surface area contributed by atoms with Gasteiger partial charge in [-0.3, -0.25) is 14.4 Å². The molecule has 0 spiro atoms. The zero-order chi connectivity index (χ0) is 25.5. The largest absolute Gasteiger partial charge is 0.397 e. The van der Waals surface area contributed by atoms with Crippen molar-refractivity contribution in [2.45, 2.75) is 12.8 Å². The van der Waals surface area contributed by atoms with Crippen LogP contribution in [0.2, 0.25) is 0 Å². The molecule has 4 aromatic rings. The third-order valence-corrected chi connectivity index (χ3v) is 6.33. The summed E-state index contributed by atoms with van der Waals surface area (Å²) in [6.45, 7) is 1.53. The number of nitrogens with two attached hydrogens (primary N) is 1. The molecule has 182 valence electrons. The van der Waals surface area contributed by atoms with Crippen molar-refractivity contribution in [2.24, 2.45) is 0 Å². The fourth-order valence-corrected chi connectivity index (χ4v) is 4.36. The maximum absolute atomic E-state index is 13.0. The van der Waals surface area contributed by atoms with E-state index in [0.29, 0.717) is 28.2 Å². The van der Waals surface area contributed by atoms with Crippen molar-refractivity contribution in [1.82, 2.24) is 5.32 Å². The average molecular weight is 499 g/mol. The van der Waals surface area contributed by atoms with Crippen LogP contribution in [-0.2, 0) is 9.59 Å². The van der Waals surface area contributed by atoms with E-state index in [-0.39, 0.29) is 24.3 Å². The monoisotopic (exact) mass is 498 g/mol. The van der Waals surface area contributed by atoms with Crippen molar-refractivity contribution in [2.75, 3.05) is 22.9 Å². The van der Waals surface area contributed by atoms with Crippen LogP contribution in [-0.4, -0.2) is 24.3 Å². The Morgan fingerprint density at radius 2 is 1.64 bits per heavy atom. The molecule has 3 aromatic carbocycles. The van der Waals surface area contributed by atoms with Crippen LogP contribution in [0, 0.1) is 0 Å². The summed E-state index contributed by atoms with van der Waals surface area (Å²) in [5.41, 5.74) is 10.9. The molecule has 1 atom stereocenters. The molecule has 0 saturated carbocycles. The van der Waals surface area contributed by atoms with E-state index in [0.717, 1.165) is 11.1 Å². The summed E-state index contributed by atoms with van der Waals surface area (Å²) in [5, 5.41) is 12.5. The maximum Gasteiger partial charge on any atom is 0.255 e. The first-order chi connectivity index (χ1) is 17.4. The molecule has 3 amide bonds. The van der Waals surface area contributed by atoms with Gasteiger partial charge in [-0.1, -0.05) is 36.4 Å². The second-order valence-electron chi connectivity index (χ2n) is 8.24. The van der Waals surface area contributed by atoms with Crippen LogP contribution in [0.3, 0.4) is 0 Å². The number of benzene rings is 3. The Bertz CT molecular complexity index is 1350. The van der Waals surface area contributed by atoms with E-state index in [1.54, 1.807) is 53.8 Å². The van der Waals surface area contributed by atoms with Crippen LogP contribution >= 0.6 is 11.3 Å². The number of amides is 3. The number of nitrogen functional groups attached to an aromatic ring is 1. The van der Waals surface area contributed by atoms with Crippen molar-refractivity contribution in [1.29, 1.82) is 0 Å². The molecule has 0 aliphatic rings. The van der Waals surface area contributed by atoms with E-state index in [9.17, 15) is 14.4 Å². The highest BCUT2D eigenvalue weighted by molar-refractivity contribution is 7.08. The Morgan fingerprint density at radius 1 is 0.889 bits per heavy atom. The minimum absolute atomic E-state index is 0.130. The predicted octanol–water partition coefficient (Wildman–Crippen LogP) is 5.11. The van der Waals surface area contributed by atoms with Crippen LogP contribution in [0.15, 0.2) is 89.6 Å². The van der Waals surface area contributed by atoms with Crippen LogP contribution in [0.5, 0.6) is 0 Å². The lowest BCUT2D eigenvalue weighted by Gasteiger charge is -2.18. The summed E-state index contributed by atoms with van der Waals surface area (Å²) >= 11 is 1.60. The summed E-state index contributed by atoms with van der Waals surface area (Å²) in [6, 6.07) is 23.4. The van der Waals surface area contributed by atoms with Gasteiger partial charge >= 0.3 is 0 Å². The van der Waals surface area contributed by atoms with Gasteiger partial charge in [0.1, 0.15) is 0 Å². The fraction of sp³-hybridized carbons (Fsp3) is 0.107. The van der Waals surface area contributed by atoms with Gasteiger partial charge in [-0.05, 0) is 69.9 Å². The maximum atomic E-state index is 13.0. The second kappa shape index (κ2) is 11.3. The van der Waals surface area contributed by atoms with Gasteiger partial charge in [0.05, 0.1) is 17.3 Å². The molecule has 0 saturated heterocycles. The molecule has 4 rings (SSSR count). The Morgan fingerprint density at radius 3 is 2.31 bits per heavy atom. The topological polar surface area (TPSA) is 113 Å². The zero-order valence-electron chi connectivity index (χ0n) is 19.7. The quantitative estimate of drug-likeness (QED) is 0.253. The normalized spacial score (nSPS) is 11.4. The molecule has 0 fully saturated rings. The van der Waals surface area contributed by atoms with Crippen LogP contribution in [0.4, 0.5) is 17.1 Å². The number of para-hydroxylation sites is 1. The van der Waals surface area contributed by atoms with E-state index in [1.807, 2.05) is 47.2 Å². The number of hydrogen-bond acceptors (Lipinski definition) is 5. The predicted molar refractivity (Wildman–Crippen MR) is 145 cm³/mol. The third-order valence-electron chi connectivity index (χ3n) is 5.64. The summed E-state index contributed by atoms with van der Waals surface area (Å²) in [5.74, 6) is -1.44. The third kappa shape index (κ3) is 6.17. The average Bonchev–Trinajstić information content (AvgIpc) is 3.41. The van der Waals surface area contributed by atoms with Gasteiger partial charge < -0.3 is 21.7 Å². The molecule has 5 N–H and O–H groups in total. The molecular weight excluding hydrogens is 472 g/mol. The first kappa shape index (κ1) is 24.7. The van der Waals surface area contributed by atoms with Crippen molar-refractivity contribution in [3.8, 4) is 11.1 Å². The van der Waals surface area contributed by atoms with Crippen molar-refractivity contribution < 1.29 is 14.4 Å². The lowest BCUT2D eigenvalue weighted by atomic mass is 9.96. The van der Waals surface area contributed by atoms with Gasteiger partial charge in [-0.15, -0.1) is 0 Å². The summed E-state index contributed by atoms with van der Waals surface area (Å²) < 4.78 is 0. The number of thiophene rings is 1. The van der Waals surface area contributed by atoms with Gasteiger partial charge in [0.2, 0.25) is 11.8 Å². The van der Waals surface area contributed by atoms with Gasteiger partial charge in [0.15, 0.2) is 0 Å². The molecule has 8 heteroatoms. The van der Waals surface area contributed by atoms with Crippen molar-refractivity contribution in [3.63, 3.8) is 0 Å². The molecule has 36 heavy (non-hydrogen) atoms. The first-order valence-electron chi connectivity index (χ1n) is 11.3. The van der Waals surface area contributed by atoms with E-state index in [2.05, 4.69) is 16.0 Å². The second-order valence-corrected chi connectivity index (χ2v) is 9.02. The lowest BCUT2D eigenvalue weighted by Crippen LogP contribution is -2.33. The fourth-order valence-electron chi connectivity index (χ4n) is 3.69. The molecule has 1 unspecified atom stereocenters. The smallest absolute Gasteiger partial charge is 0.255 e. The lowest BCUT2D eigenvalue weighted by molar-refractivity contribution is -0.119. The minimum Gasteiger partial charge on any atom is -0.397 e. The number of anilines is 3.